The highest BCUT2D eigenvalue weighted by Crippen LogP contribution is 2.30. The molecule has 2 rings (SSSR count). The van der Waals surface area contributed by atoms with Crippen molar-refractivity contribution in [2.24, 2.45) is 0 Å². The molecule has 0 radical (unpaired) electrons. The third-order valence-corrected chi connectivity index (χ3v) is 2.71. The molecule has 0 amide bonds. The van der Waals surface area contributed by atoms with Gasteiger partial charge in [-0.2, -0.15) is 0 Å². The molecule has 0 saturated heterocycles. The lowest BCUT2D eigenvalue weighted by molar-refractivity contribution is 0.0696. The van der Waals surface area contributed by atoms with Gasteiger partial charge in [-0.1, -0.05) is 36.9 Å². The average molecular weight is 284 g/mol. The fourth-order valence-electron chi connectivity index (χ4n) is 1.76. The Morgan fingerprint density at radius 1 is 1.14 bits per heavy atom. The Morgan fingerprint density at radius 2 is 1.86 bits per heavy atom. The Bertz CT molecular complexity index is 647. The maximum Gasteiger partial charge on any atom is 0.335 e. The van der Waals surface area contributed by atoms with Gasteiger partial charge in [0.25, 0.3) is 0 Å². The molecule has 1 N–H and O–H groups in total. The van der Waals surface area contributed by atoms with Crippen LogP contribution in [0.1, 0.15) is 22.8 Å². The van der Waals surface area contributed by atoms with E-state index in [4.69, 9.17) is 14.6 Å². The highest BCUT2D eigenvalue weighted by atomic mass is 16.5. The number of hydrogen-bond donors (Lipinski definition) is 1. The third kappa shape index (κ3) is 4.11. The summed E-state index contributed by atoms with van der Waals surface area (Å²) < 4.78 is 11.1. The summed E-state index contributed by atoms with van der Waals surface area (Å²) in [6.45, 7) is 5.72. The predicted octanol–water partition coefficient (Wildman–Crippen LogP) is 3.88. The summed E-state index contributed by atoms with van der Waals surface area (Å²) in [7, 11) is 0. The van der Waals surface area contributed by atoms with Crippen molar-refractivity contribution < 1.29 is 19.4 Å². The zero-order valence-electron chi connectivity index (χ0n) is 11.7. The van der Waals surface area contributed by atoms with Crippen LogP contribution < -0.4 is 9.47 Å². The van der Waals surface area contributed by atoms with Crippen LogP contribution in [0.5, 0.6) is 11.5 Å². The van der Waals surface area contributed by atoms with E-state index in [-0.39, 0.29) is 5.56 Å². The van der Waals surface area contributed by atoms with Crippen molar-refractivity contribution >= 4 is 5.97 Å². The van der Waals surface area contributed by atoms with E-state index in [1.165, 1.54) is 12.1 Å². The SMILES string of the molecule is C=C(C)Oc1ccc(C(=O)O)cc1OCc1ccccc1. The monoisotopic (exact) mass is 284 g/mol. The molecule has 0 fully saturated rings. The maximum absolute atomic E-state index is 11.0. The third-order valence-electron chi connectivity index (χ3n) is 2.71. The highest BCUT2D eigenvalue weighted by Gasteiger charge is 2.11. The fraction of sp³-hybridized carbons (Fsp3) is 0.118. The van der Waals surface area contributed by atoms with Gasteiger partial charge in [0, 0.05) is 0 Å². The number of aromatic carboxylic acids is 1. The summed E-state index contributed by atoms with van der Waals surface area (Å²) in [6, 6.07) is 14.1. The largest absolute Gasteiger partial charge is 0.485 e. The molecular weight excluding hydrogens is 268 g/mol. The molecule has 2 aromatic rings. The van der Waals surface area contributed by atoms with Crippen molar-refractivity contribution in [1.29, 1.82) is 0 Å². The first-order chi connectivity index (χ1) is 10.1. The summed E-state index contributed by atoms with van der Waals surface area (Å²) in [5, 5.41) is 9.05. The van der Waals surface area contributed by atoms with Crippen LogP contribution in [0.3, 0.4) is 0 Å². The molecule has 0 aliphatic carbocycles. The van der Waals surface area contributed by atoms with Gasteiger partial charge in [0.2, 0.25) is 0 Å². The van der Waals surface area contributed by atoms with Crippen LogP contribution in [-0.2, 0) is 6.61 Å². The number of carboxylic acid groups (broad SMARTS) is 1. The van der Waals surface area contributed by atoms with Crippen LogP contribution in [0.4, 0.5) is 0 Å². The number of carboxylic acids is 1. The quantitative estimate of drug-likeness (QED) is 0.818. The number of ether oxygens (including phenoxy) is 2. The Hall–Kier alpha value is -2.75. The van der Waals surface area contributed by atoms with Crippen LogP contribution in [0.25, 0.3) is 0 Å². The van der Waals surface area contributed by atoms with Crippen molar-refractivity contribution in [3.8, 4) is 11.5 Å². The van der Waals surface area contributed by atoms with Gasteiger partial charge < -0.3 is 14.6 Å². The molecule has 4 nitrogen and oxygen atoms in total. The number of carbonyl (C=O) groups is 1. The Morgan fingerprint density at radius 3 is 2.48 bits per heavy atom. The summed E-state index contributed by atoms with van der Waals surface area (Å²) in [5.74, 6) is 0.314. The summed E-state index contributed by atoms with van der Waals surface area (Å²) in [4.78, 5) is 11.0. The first-order valence-corrected chi connectivity index (χ1v) is 6.43. The van der Waals surface area contributed by atoms with Crippen molar-refractivity contribution in [2.75, 3.05) is 0 Å². The van der Waals surface area contributed by atoms with Crippen LogP contribution in [0, 0.1) is 0 Å². The second kappa shape index (κ2) is 6.61. The number of benzene rings is 2. The van der Waals surface area contributed by atoms with Crippen molar-refractivity contribution in [2.45, 2.75) is 13.5 Å². The summed E-state index contributed by atoms with van der Waals surface area (Å²) >= 11 is 0. The average Bonchev–Trinajstić information content (AvgIpc) is 2.46. The fourth-order valence-corrected chi connectivity index (χ4v) is 1.76. The molecule has 0 unspecified atom stereocenters. The first kappa shape index (κ1) is 14.7. The lowest BCUT2D eigenvalue weighted by atomic mass is 10.2. The lowest BCUT2D eigenvalue weighted by Gasteiger charge is -2.13. The maximum atomic E-state index is 11.0. The number of hydrogen-bond acceptors (Lipinski definition) is 3. The van der Waals surface area contributed by atoms with Gasteiger partial charge >= 0.3 is 5.97 Å². The number of allylic oxidation sites excluding steroid dienone is 1. The van der Waals surface area contributed by atoms with Gasteiger partial charge in [-0.25, -0.2) is 4.79 Å². The van der Waals surface area contributed by atoms with Gasteiger partial charge in [-0.3, -0.25) is 0 Å². The van der Waals surface area contributed by atoms with Gasteiger partial charge in [-0.05, 0) is 30.7 Å². The van der Waals surface area contributed by atoms with E-state index in [0.717, 1.165) is 5.56 Å². The van der Waals surface area contributed by atoms with E-state index in [1.807, 2.05) is 30.3 Å². The highest BCUT2D eigenvalue weighted by molar-refractivity contribution is 5.88. The topological polar surface area (TPSA) is 55.8 Å². The van der Waals surface area contributed by atoms with E-state index >= 15 is 0 Å². The smallest absolute Gasteiger partial charge is 0.335 e. The minimum atomic E-state index is -1.01. The van der Waals surface area contributed by atoms with E-state index in [0.29, 0.717) is 23.9 Å². The summed E-state index contributed by atoms with van der Waals surface area (Å²) in [5.41, 5.74) is 1.13. The molecule has 0 aromatic heterocycles. The molecule has 2 aromatic carbocycles. The van der Waals surface area contributed by atoms with Gasteiger partial charge in [0.15, 0.2) is 11.5 Å². The first-order valence-electron chi connectivity index (χ1n) is 6.43. The van der Waals surface area contributed by atoms with Crippen LogP contribution in [0.2, 0.25) is 0 Å². The second-order valence-electron chi connectivity index (χ2n) is 4.55. The minimum absolute atomic E-state index is 0.145. The normalized spacial score (nSPS) is 9.95. The standard InChI is InChI=1S/C17H16O4/c1-12(2)21-15-9-8-14(17(18)19)10-16(15)20-11-13-6-4-3-5-7-13/h3-10H,1,11H2,2H3,(H,18,19). The Labute approximate surface area is 123 Å². The van der Waals surface area contributed by atoms with Gasteiger partial charge in [-0.15, -0.1) is 0 Å². The van der Waals surface area contributed by atoms with Gasteiger partial charge in [0.05, 0.1) is 11.3 Å². The zero-order chi connectivity index (χ0) is 15.2. The van der Waals surface area contributed by atoms with Crippen LogP contribution >= 0.6 is 0 Å². The molecule has 21 heavy (non-hydrogen) atoms. The predicted molar refractivity (Wildman–Crippen MR) is 79.6 cm³/mol. The molecule has 0 spiro atoms. The van der Waals surface area contributed by atoms with Crippen molar-refractivity contribution in [3.05, 3.63) is 72.0 Å². The molecule has 0 atom stereocenters. The minimum Gasteiger partial charge on any atom is -0.485 e. The molecule has 108 valence electrons. The van der Waals surface area contributed by atoms with E-state index in [1.54, 1.807) is 13.0 Å². The van der Waals surface area contributed by atoms with Crippen LogP contribution in [0.15, 0.2) is 60.9 Å². The molecule has 0 heterocycles. The van der Waals surface area contributed by atoms with E-state index in [9.17, 15) is 4.79 Å². The Balaban J connectivity index is 2.23. The van der Waals surface area contributed by atoms with Gasteiger partial charge in [0.1, 0.15) is 6.61 Å². The molecule has 0 aliphatic heterocycles. The second-order valence-corrected chi connectivity index (χ2v) is 4.55. The molecule has 0 saturated carbocycles. The molecule has 0 bridgehead atoms. The molecule has 0 aliphatic rings. The molecule has 4 heteroatoms. The number of rotatable bonds is 6. The zero-order valence-corrected chi connectivity index (χ0v) is 11.7. The van der Waals surface area contributed by atoms with E-state index in [2.05, 4.69) is 6.58 Å². The lowest BCUT2D eigenvalue weighted by Crippen LogP contribution is -2.02. The summed E-state index contributed by atoms with van der Waals surface area (Å²) in [6.07, 6.45) is 0. The molecular formula is C17H16O4. The van der Waals surface area contributed by atoms with Crippen molar-refractivity contribution in [1.82, 2.24) is 0 Å². The van der Waals surface area contributed by atoms with Crippen molar-refractivity contribution in [3.63, 3.8) is 0 Å². The van der Waals surface area contributed by atoms with E-state index < -0.39 is 5.97 Å². The Kier molecular flexibility index (Phi) is 4.61. The van der Waals surface area contributed by atoms with Crippen LogP contribution in [-0.4, -0.2) is 11.1 Å².